The summed E-state index contributed by atoms with van der Waals surface area (Å²) in [4.78, 5) is 12.6. The van der Waals surface area contributed by atoms with Gasteiger partial charge in [0.25, 0.3) is 0 Å². The van der Waals surface area contributed by atoms with Gasteiger partial charge in [-0.05, 0) is 19.1 Å². The van der Waals surface area contributed by atoms with Gasteiger partial charge >= 0.3 is 0 Å². The van der Waals surface area contributed by atoms with Gasteiger partial charge < -0.3 is 0 Å². The molecular formula is C15H19NOSi. The normalized spacial score (nSPS) is 10.9. The molecule has 0 aromatic heterocycles. The Morgan fingerprint density at radius 2 is 1.89 bits per heavy atom. The Balaban J connectivity index is 3.20. The number of anilines is 1. The molecule has 0 aliphatic heterocycles. The number of hydrogen-bond donors (Lipinski definition) is 0. The summed E-state index contributed by atoms with van der Waals surface area (Å²) in [7, 11) is -1.41. The highest BCUT2D eigenvalue weighted by molar-refractivity contribution is 6.83. The third kappa shape index (κ3) is 4.23. The molecule has 1 amide bonds. The molecule has 0 radical (unpaired) electrons. The molecule has 1 aromatic carbocycles. The molecule has 0 aliphatic carbocycles. The van der Waals surface area contributed by atoms with Crippen LogP contribution in [0.4, 0.5) is 5.69 Å². The zero-order valence-corrected chi connectivity index (χ0v) is 12.4. The molecular weight excluding hydrogens is 238 g/mol. The summed E-state index contributed by atoms with van der Waals surface area (Å²) in [6.07, 6.45) is 4.37. The van der Waals surface area contributed by atoms with E-state index in [4.69, 9.17) is 0 Å². The number of hydrogen-bond acceptors (Lipinski definition) is 1. The monoisotopic (exact) mass is 257 g/mol. The highest BCUT2D eigenvalue weighted by atomic mass is 28.3. The Kier molecular flexibility index (Phi) is 4.93. The molecule has 0 fully saturated rings. The molecule has 0 heterocycles. The number of para-hydroxylation sites is 1. The minimum absolute atomic E-state index is 0.801. The molecule has 1 rings (SSSR count). The number of allylic oxidation sites excluding steroid dienone is 1. The van der Waals surface area contributed by atoms with Crippen molar-refractivity contribution in [1.82, 2.24) is 0 Å². The van der Waals surface area contributed by atoms with Crippen molar-refractivity contribution in [3.8, 4) is 11.5 Å². The van der Waals surface area contributed by atoms with Crippen molar-refractivity contribution in [2.75, 3.05) is 4.90 Å². The van der Waals surface area contributed by atoms with Gasteiger partial charge in [0.05, 0.1) is 5.69 Å². The minimum Gasteiger partial charge on any atom is -0.290 e. The molecule has 0 spiro atoms. The topological polar surface area (TPSA) is 20.3 Å². The molecule has 3 heteroatoms. The average Bonchev–Trinajstić information content (AvgIpc) is 2.33. The minimum atomic E-state index is -1.41. The maximum atomic E-state index is 11.1. The van der Waals surface area contributed by atoms with Crippen molar-refractivity contribution in [2.24, 2.45) is 0 Å². The fraction of sp³-hybridized carbons (Fsp3) is 0.267. The summed E-state index contributed by atoms with van der Waals surface area (Å²) >= 11 is 0. The Hall–Kier alpha value is -1.79. The Morgan fingerprint density at radius 1 is 1.22 bits per heavy atom. The van der Waals surface area contributed by atoms with Gasteiger partial charge in [-0.3, -0.25) is 9.69 Å². The van der Waals surface area contributed by atoms with Gasteiger partial charge in [-0.15, -0.1) is 5.54 Å². The lowest BCUT2D eigenvalue weighted by atomic mass is 10.2. The molecule has 2 nitrogen and oxygen atoms in total. The fourth-order valence-corrected chi connectivity index (χ4v) is 1.90. The van der Waals surface area contributed by atoms with Crippen LogP contribution < -0.4 is 4.90 Å². The number of benzene rings is 1. The van der Waals surface area contributed by atoms with E-state index in [9.17, 15) is 4.79 Å². The predicted octanol–water partition coefficient (Wildman–Crippen LogP) is 3.41. The summed E-state index contributed by atoms with van der Waals surface area (Å²) in [5.74, 6) is 3.20. The van der Waals surface area contributed by atoms with Crippen LogP contribution in [-0.2, 0) is 4.79 Å². The number of rotatable bonds is 3. The molecule has 0 unspecified atom stereocenters. The smallest absolute Gasteiger partial charge is 0.218 e. The van der Waals surface area contributed by atoms with Crippen molar-refractivity contribution in [3.63, 3.8) is 0 Å². The molecule has 0 aliphatic rings. The summed E-state index contributed by atoms with van der Waals surface area (Å²) in [5, 5.41) is 0. The van der Waals surface area contributed by atoms with Gasteiger partial charge in [-0.1, -0.05) is 43.8 Å². The van der Waals surface area contributed by atoms with Gasteiger partial charge in [-0.25, -0.2) is 0 Å². The summed E-state index contributed by atoms with van der Waals surface area (Å²) in [5.41, 5.74) is 5.05. The molecule has 0 saturated carbocycles. The van der Waals surface area contributed by atoms with Crippen LogP contribution in [0.25, 0.3) is 0 Å². The van der Waals surface area contributed by atoms with Crippen LogP contribution in [0, 0.1) is 11.5 Å². The van der Waals surface area contributed by atoms with E-state index in [2.05, 4.69) is 31.1 Å². The largest absolute Gasteiger partial charge is 0.290 e. The first-order valence-electron chi connectivity index (χ1n) is 5.96. The van der Waals surface area contributed by atoms with Crippen LogP contribution in [0.2, 0.25) is 19.6 Å². The maximum absolute atomic E-state index is 11.1. The van der Waals surface area contributed by atoms with E-state index in [0.29, 0.717) is 0 Å². The van der Waals surface area contributed by atoms with Crippen LogP contribution >= 0.6 is 0 Å². The predicted molar refractivity (Wildman–Crippen MR) is 80.0 cm³/mol. The first-order valence-corrected chi connectivity index (χ1v) is 9.46. The second-order valence-corrected chi connectivity index (χ2v) is 9.76. The molecule has 0 atom stereocenters. The standard InChI is InChI=1S/C15H19NOSi/c1-5-11-16(13-17)15-9-7-6-8-14(15)10-12-18(2,3)4/h5-9,11,13H,1-4H3/b11-5+. The van der Waals surface area contributed by atoms with E-state index < -0.39 is 8.07 Å². The Bertz CT molecular complexity index is 503. The zero-order valence-electron chi connectivity index (χ0n) is 11.4. The van der Waals surface area contributed by atoms with Crippen LogP contribution in [0.15, 0.2) is 36.5 Å². The first-order chi connectivity index (χ1) is 8.48. The number of nitrogens with zero attached hydrogens (tertiary/aromatic N) is 1. The summed E-state index contributed by atoms with van der Waals surface area (Å²) < 4.78 is 0. The molecule has 18 heavy (non-hydrogen) atoms. The van der Waals surface area contributed by atoms with Crippen LogP contribution in [-0.4, -0.2) is 14.5 Å². The van der Waals surface area contributed by atoms with Crippen molar-refractivity contribution < 1.29 is 4.79 Å². The van der Waals surface area contributed by atoms with Crippen molar-refractivity contribution >= 4 is 20.2 Å². The van der Waals surface area contributed by atoms with Gasteiger partial charge in [0, 0.05) is 11.8 Å². The zero-order chi connectivity index (χ0) is 13.6. The fourth-order valence-electron chi connectivity index (χ4n) is 1.39. The van der Waals surface area contributed by atoms with E-state index in [-0.39, 0.29) is 0 Å². The highest BCUT2D eigenvalue weighted by Gasteiger charge is 2.09. The van der Waals surface area contributed by atoms with Crippen LogP contribution in [0.5, 0.6) is 0 Å². The average molecular weight is 257 g/mol. The lowest BCUT2D eigenvalue weighted by molar-refractivity contribution is -0.106. The van der Waals surface area contributed by atoms with Gasteiger partial charge in [-0.2, -0.15) is 0 Å². The third-order valence-electron chi connectivity index (χ3n) is 2.18. The molecule has 1 aromatic rings. The van der Waals surface area contributed by atoms with E-state index in [1.165, 1.54) is 0 Å². The second kappa shape index (κ2) is 6.22. The van der Waals surface area contributed by atoms with Gasteiger partial charge in [0.2, 0.25) is 6.41 Å². The molecule has 94 valence electrons. The Morgan fingerprint density at radius 3 is 2.44 bits per heavy atom. The number of amides is 1. The quantitative estimate of drug-likeness (QED) is 0.461. The highest BCUT2D eigenvalue weighted by Crippen LogP contribution is 2.18. The van der Waals surface area contributed by atoms with Crippen molar-refractivity contribution in [3.05, 3.63) is 42.1 Å². The van der Waals surface area contributed by atoms with E-state index in [0.717, 1.165) is 17.7 Å². The first kappa shape index (κ1) is 14.3. The van der Waals surface area contributed by atoms with Crippen LogP contribution in [0.3, 0.4) is 0 Å². The lowest BCUT2D eigenvalue weighted by Crippen LogP contribution is -2.17. The van der Waals surface area contributed by atoms with E-state index in [1.54, 1.807) is 11.1 Å². The van der Waals surface area contributed by atoms with E-state index >= 15 is 0 Å². The third-order valence-corrected chi connectivity index (χ3v) is 3.05. The molecule has 0 N–H and O–H groups in total. The van der Waals surface area contributed by atoms with Gasteiger partial charge in [0.15, 0.2) is 0 Å². The van der Waals surface area contributed by atoms with E-state index in [1.807, 2.05) is 37.3 Å². The SMILES string of the molecule is C/C=C/N(C=O)c1ccccc1C#C[Si](C)(C)C. The summed E-state index contributed by atoms with van der Waals surface area (Å²) in [6, 6.07) is 7.70. The van der Waals surface area contributed by atoms with Crippen molar-refractivity contribution in [1.29, 1.82) is 0 Å². The second-order valence-electron chi connectivity index (χ2n) is 5.01. The van der Waals surface area contributed by atoms with Crippen LogP contribution in [0.1, 0.15) is 12.5 Å². The maximum Gasteiger partial charge on any atom is 0.218 e. The number of carbonyl (C=O) groups excluding carboxylic acids is 1. The molecule has 0 bridgehead atoms. The summed E-state index contributed by atoms with van der Waals surface area (Å²) in [6.45, 7) is 8.48. The number of carbonyl (C=O) groups is 1. The Labute approximate surface area is 110 Å². The molecule has 0 saturated heterocycles. The van der Waals surface area contributed by atoms with Gasteiger partial charge in [0.1, 0.15) is 8.07 Å². The van der Waals surface area contributed by atoms with Crippen molar-refractivity contribution in [2.45, 2.75) is 26.6 Å². The lowest BCUT2D eigenvalue weighted by Gasteiger charge is -2.14.